The highest BCUT2D eigenvalue weighted by Gasteiger charge is 2.35. The number of amides is 2. The first-order valence-corrected chi connectivity index (χ1v) is 10.8. The van der Waals surface area contributed by atoms with E-state index < -0.39 is 0 Å². The van der Waals surface area contributed by atoms with Crippen LogP contribution in [-0.2, 0) is 11.3 Å². The van der Waals surface area contributed by atoms with Crippen LogP contribution in [0.25, 0.3) is 6.08 Å². The van der Waals surface area contributed by atoms with Gasteiger partial charge in [0.1, 0.15) is 5.75 Å². The quantitative estimate of drug-likeness (QED) is 0.324. The van der Waals surface area contributed by atoms with Gasteiger partial charge in [0.25, 0.3) is 11.1 Å². The lowest BCUT2D eigenvalue weighted by atomic mass is 10.1. The average Bonchev–Trinajstić information content (AvgIpc) is 2.82. The zero-order valence-electron chi connectivity index (χ0n) is 13.5. The molecular formula is C18H12ClI2NO3S. The molecule has 1 saturated heterocycles. The minimum Gasteiger partial charge on any atom is -0.495 e. The molecule has 134 valence electrons. The van der Waals surface area contributed by atoms with E-state index in [1.54, 1.807) is 31.4 Å². The summed E-state index contributed by atoms with van der Waals surface area (Å²) in [5, 5.41) is 0.281. The van der Waals surface area contributed by atoms with Crippen LogP contribution in [0.2, 0.25) is 5.02 Å². The second kappa shape index (κ2) is 8.49. The largest absolute Gasteiger partial charge is 0.495 e. The van der Waals surface area contributed by atoms with Crippen molar-refractivity contribution in [3.05, 3.63) is 64.6 Å². The molecule has 1 aliphatic heterocycles. The third-order valence-electron chi connectivity index (χ3n) is 3.63. The Morgan fingerprint density at radius 1 is 1.23 bits per heavy atom. The number of hydrogen-bond acceptors (Lipinski definition) is 4. The van der Waals surface area contributed by atoms with Crippen molar-refractivity contribution in [3.63, 3.8) is 0 Å². The van der Waals surface area contributed by atoms with Crippen LogP contribution in [-0.4, -0.2) is 23.2 Å². The Bertz CT molecular complexity index is 933. The number of benzene rings is 2. The monoisotopic (exact) mass is 611 g/mol. The smallest absolute Gasteiger partial charge is 0.293 e. The lowest BCUT2D eigenvalue weighted by Crippen LogP contribution is -2.27. The standard InChI is InChI=1S/C18H12ClI2NO3S/c1-25-16-11(6-13(20)8-14(16)21)7-15-17(23)22(18(24)26-15)9-10-3-2-4-12(19)5-10/h2-8H,9H2,1H3/b15-7-. The van der Waals surface area contributed by atoms with Crippen molar-refractivity contribution in [2.75, 3.05) is 7.11 Å². The van der Waals surface area contributed by atoms with Gasteiger partial charge in [-0.05, 0) is 92.8 Å². The second-order valence-corrected chi connectivity index (χ2v) is 9.25. The molecule has 0 aromatic heterocycles. The molecule has 2 amide bonds. The van der Waals surface area contributed by atoms with E-state index in [1.807, 2.05) is 18.2 Å². The van der Waals surface area contributed by atoms with Crippen molar-refractivity contribution in [1.82, 2.24) is 4.90 Å². The normalized spacial score (nSPS) is 15.8. The fourth-order valence-electron chi connectivity index (χ4n) is 2.50. The molecule has 0 aliphatic carbocycles. The van der Waals surface area contributed by atoms with Crippen LogP contribution >= 0.6 is 68.5 Å². The Labute approximate surface area is 187 Å². The number of hydrogen-bond donors (Lipinski definition) is 0. The molecule has 1 aliphatic rings. The topological polar surface area (TPSA) is 46.6 Å². The molecule has 0 bridgehead atoms. The SMILES string of the molecule is COc1c(I)cc(I)cc1/C=C1\SC(=O)N(Cc2cccc(Cl)c2)C1=O. The van der Waals surface area contributed by atoms with Crippen molar-refractivity contribution in [3.8, 4) is 5.75 Å². The van der Waals surface area contributed by atoms with Crippen molar-refractivity contribution in [2.24, 2.45) is 0 Å². The number of rotatable bonds is 4. The van der Waals surface area contributed by atoms with Gasteiger partial charge in [0, 0.05) is 14.2 Å². The molecule has 2 aromatic carbocycles. The Morgan fingerprint density at radius 3 is 2.69 bits per heavy atom. The maximum Gasteiger partial charge on any atom is 0.293 e. The number of imide groups is 1. The second-order valence-electron chi connectivity index (χ2n) is 5.41. The molecule has 0 atom stereocenters. The van der Waals surface area contributed by atoms with E-state index in [2.05, 4.69) is 45.2 Å². The lowest BCUT2D eigenvalue weighted by molar-refractivity contribution is -0.123. The van der Waals surface area contributed by atoms with Gasteiger partial charge < -0.3 is 4.74 Å². The van der Waals surface area contributed by atoms with Crippen LogP contribution < -0.4 is 4.74 Å². The van der Waals surface area contributed by atoms with Crippen LogP contribution in [0.3, 0.4) is 0 Å². The van der Waals surface area contributed by atoms with Crippen LogP contribution in [0.4, 0.5) is 4.79 Å². The summed E-state index contributed by atoms with van der Waals surface area (Å²) < 4.78 is 7.42. The summed E-state index contributed by atoms with van der Waals surface area (Å²) in [5.74, 6) is 0.378. The zero-order valence-corrected chi connectivity index (χ0v) is 19.4. The number of thioether (sulfide) groups is 1. The molecule has 1 fully saturated rings. The molecule has 0 radical (unpaired) electrons. The molecule has 26 heavy (non-hydrogen) atoms. The van der Waals surface area contributed by atoms with Crippen molar-refractivity contribution in [1.29, 1.82) is 0 Å². The fraction of sp³-hybridized carbons (Fsp3) is 0.111. The highest BCUT2D eigenvalue weighted by molar-refractivity contribution is 14.1. The fourth-order valence-corrected chi connectivity index (χ4v) is 5.65. The first-order valence-electron chi connectivity index (χ1n) is 7.42. The van der Waals surface area contributed by atoms with Gasteiger partial charge in [0.15, 0.2) is 0 Å². The number of methoxy groups -OCH3 is 1. The molecule has 0 N–H and O–H groups in total. The Kier molecular flexibility index (Phi) is 6.52. The van der Waals surface area contributed by atoms with Gasteiger partial charge in [0.05, 0.1) is 22.1 Å². The van der Waals surface area contributed by atoms with Crippen molar-refractivity contribution in [2.45, 2.75) is 6.54 Å². The van der Waals surface area contributed by atoms with Crippen LogP contribution in [0, 0.1) is 7.14 Å². The first kappa shape index (κ1) is 20.0. The predicted molar refractivity (Wildman–Crippen MR) is 121 cm³/mol. The molecule has 8 heteroatoms. The number of carbonyl (C=O) groups is 2. The molecule has 0 saturated carbocycles. The van der Waals surface area contributed by atoms with E-state index in [0.29, 0.717) is 15.7 Å². The number of nitrogens with zero attached hydrogens (tertiary/aromatic N) is 1. The molecule has 3 rings (SSSR count). The number of ether oxygens (including phenoxy) is 1. The minimum absolute atomic E-state index is 0.198. The van der Waals surface area contributed by atoms with Gasteiger partial charge in [-0.15, -0.1) is 0 Å². The minimum atomic E-state index is -0.309. The van der Waals surface area contributed by atoms with E-state index in [-0.39, 0.29) is 17.7 Å². The summed E-state index contributed by atoms with van der Waals surface area (Å²) in [7, 11) is 1.59. The van der Waals surface area contributed by atoms with Gasteiger partial charge in [-0.1, -0.05) is 23.7 Å². The van der Waals surface area contributed by atoms with E-state index in [9.17, 15) is 9.59 Å². The highest BCUT2D eigenvalue weighted by Crippen LogP contribution is 2.36. The average molecular weight is 612 g/mol. The molecule has 0 spiro atoms. The number of carbonyl (C=O) groups excluding carboxylic acids is 2. The lowest BCUT2D eigenvalue weighted by Gasteiger charge is -2.12. The van der Waals surface area contributed by atoms with Crippen LogP contribution in [0.15, 0.2) is 41.3 Å². The van der Waals surface area contributed by atoms with E-state index in [0.717, 1.165) is 30.0 Å². The first-order chi connectivity index (χ1) is 12.4. The molecule has 2 aromatic rings. The maximum atomic E-state index is 12.7. The maximum absolute atomic E-state index is 12.7. The Hall–Kier alpha value is -0.780. The molecular weight excluding hydrogens is 600 g/mol. The van der Waals surface area contributed by atoms with Crippen molar-refractivity contribution >= 4 is 85.8 Å². The van der Waals surface area contributed by atoms with Crippen LogP contribution in [0.5, 0.6) is 5.75 Å². The molecule has 0 unspecified atom stereocenters. The molecule has 1 heterocycles. The van der Waals surface area contributed by atoms with Crippen molar-refractivity contribution < 1.29 is 14.3 Å². The summed E-state index contributed by atoms with van der Waals surface area (Å²) in [6.07, 6.45) is 1.71. The Balaban J connectivity index is 1.90. The van der Waals surface area contributed by atoms with E-state index in [4.69, 9.17) is 16.3 Å². The van der Waals surface area contributed by atoms with Gasteiger partial charge in [-0.25, -0.2) is 0 Å². The predicted octanol–water partition coefficient (Wildman–Crippen LogP) is 5.79. The van der Waals surface area contributed by atoms with Gasteiger partial charge >= 0.3 is 0 Å². The van der Waals surface area contributed by atoms with Gasteiger partial charge in [-0.2, -0.15) is 0 Å². The Morgan fingerprint density at radius 2 is 2.00 bits per heavy atom. The summed E-state index contributed by atoms with van der Waals surface area (Å²) in [4.78, 5) is 26.7. The van der Waals surface area contributed by atoms with E-state index in [1.165, 1.54) is 4.90 Å². The third kappa shape index (κ3) is 4.37. The van der Waals surface area contributed by atoms with Gasteiger partial charge in [-0.3, -0.25) is 14.5 Å². The zero-order chi connectivity index (χ0) is 18.8. The van der Waals surface area contributed by atoms with Crippen LogP contribution in [0.1, 0.15) is 11.1 Å². The third-order valence-corrected chi connectivity index (χ3v) is 6.20. The summed E-state index contributed by atoms with van der Waals surface area (Å²) >= 11 is 11.3. The summed E-state index contributed by atoms with van der Waals surface area (Å²) in [6.45, 7) is 0.198. The summed E-state index contributed by atoms with van der Waals surface area (Å²) in [5.41, 5.74) is 1.58. The van der Waals surface area contributed by atoms with Gasteiger partial charge in [0.2, 0.25) is 0 Å². The summed E-state index contributed by atoms with van der Waals surface area (Å²) in [6, 6.07) is 11.0. The molecule has 4 nitrogen and oxygen atoms in total. The number of halogens is 3. The highest BCUT2D eigenvalue weighted by atomic mass is 127. The van der Waals surface area contributed by atoms with E-state index >= 15 is 0 Å².